The number of para-hydroxylation sites is 2. The van der Waals surface area contributed by atoms with E-state index in [1.54, 1.807) is 12.1 Å². The van der Waals surface area contributed by atoms with Gasteiger partial charge >= 0.3 is 0 Å². The zero-order valence-corrected chi connectivity index (χ0v) is 26.8. The molecule has 0 bridgehead atoms. The third kappa shape index (κ3) is 7.25. The minimum Gasteiger partial charge on any atom is -0.306 e. The van der Waals surface area contributed by atoms with E-state index in [0.717, 1.165) is 22.3 Å². The van der Waals surface area contributed by atoms with Gasteiger partial charge in [0.2, 0.25) is 0 Å². The van der Waals surface area contributed by atoms with Crippen molar-refractivity contribution in [3.05, 3.63) is 203 Å². The molecule has 8 rings (SSSR count). The quantitative estimate of drug-likeness (QED) is 0.202. The van der Waals surface area contributed by atoms with Crippen molar-refractivity contribution in [3.63, 3.8) is 0 Å². The Labute approximate surface area is 289 Å². The maximum Gasteiger partial charge on any atom is 0.259 e. The first-order chi connectivity index (χ1) is 24.6. The van der Waals surface area contributed by atoms with Crippen LogP contribution in [0.15, 0.2) is 190 Å². The first kappa shape index (κ1) is 31.5. The number of carbonyl (C=O) groups is 2. The van der Waals surface area contributed by atoms with Gasteiger partial charge in [0.05, 0.1) is 22.5 Å². The number of rotatable bonds is 4. The molecule has 8 nitrogen and oxygen atoms in total. The van der Waals surface area contributed by atoms with Gasteiger partial charge < -0.3 is 10.6 Å². The zero-order chi connectivity index (χ0) is 34.1. The molecule has 0 fully saturated rings. The minimum atomic E-state index is -0.214. The topological polar surface area (TPSA) is 108 Å². The van der Waals surface area contributed by atoms with Gasteiger partial charge in [-0.3, -0.25) is 9.59 Å². The number of carbonyl (C=O) groups excluding carboxylic acids is 2. The lowest BCUT2D eigenvalue weighted by atomic mass is 10.1. The molecule has 0 aromatic heterocycles. The van der Waals surface area contributed by atoms with Gasteiger partial charge in [-0.05, 0) is 24.3 Å². The number of fused-ring (bicyclic) bond motifs is 2. The summed E-state index contributed by atoms with van der Waals surface area (Å²) in [5, 5.41) is 5.84. The Bertz CT molecular complexity index is 2120. The maximum absolute atomic E-state index is 12.6. The molecule has 0 aliphatic carbocycles. The van der Waals surface area contributed by atoms with Crippen molar-refractivity contribution < 1.29 is 9.59 Å². The van der Waals surface area contributed by atoms with Crippen LogP contribution in [0.5, 0.6) is 0 Å². The van der Waals surface area contributed by atoms with Gasteiger partial charge in [-0.2, -0.15) is 0 Å². The summed E-state index contributed by atoms with van der Waals surface area (Å²) in [6.07, 6.45) is 0. The summed E-state index contributed by atoms with van der Waals surface area (Å²) in [7, 11) is 0. The molecule has 0 atom stereocenters. The van der Waals surface area contributed by atoms with Crippen molar-refractivity contribution in [3.8, 4) is 0 Å². The van der Waals surface area contributed by atoms with E-state index in [2.05, 4.69) is 30.6 Å². The SMILES string of the molecule is O=C1NC(c2ccccc2)=NC(c2ccccc2)=Nc2ccccc21.O=C1NC(c2ccccc2)=NC(c2ccccc2)=Nc2ccccc21. The molecule has 0 saturated heterocycles. The average molecular weight is 651 g/mol. The van der Waals surface area contributed by atoms with Crippen molar-refractivity contribution in [2.45, 2.75) is 0 Å². The van der Waals surface area contributed by atoms with Crippen LogP contribution in [0.3, 0.4) is 0 Å². The Hall–Kier alpha value is -7.06. The Kier molecular flexibility index (Phi) is 9.33. The summed E-state index contributed by atoms with van der Waals surface area (Å²) in [5.74, 6) is 1.67. The molecule has 0 radical (unpaired) electrons. The molecule has 2 aliphatic rings. The van der Waals surface area contributed by atoms with E-state index in [1.807, 2.05) is 158 Å². The standard InChI is InChI=1S/2C21H15N3O/c2*25-21-17-13-7-8-14-18(17)22-19(15-9-3-1-4-10-15)23-20(24-21)16-11-5-2-6-12-16/h2*1-14H,(H,22,23,24,25). The molecule has 2 amide bonds. The second kappa shape index (κ2) is 14.8. The first-order valence-corrected chi connectivity index (χ1v) is 16.0. The number of hydrogen-bond donors (Lipinski definition) is 2. The molecule has 2 N–H and O–H groups in total. The van der Waals surface area contributed by atoms with Crippen molar-refractivity contribution in [1.29, 1.82) is 0 Å². The fourth-order valence-electron chi connectivity index (χ4n) is 5.32. The van der Waals surface area contributed by atoms with Crippen LogP contribution in [0, 0.1) is 0 Å². The lowest BCUT2D eigenvalue weighted by Crippen LogP contribution is -2.33. The van der Waals surface area contributed by atoms with E-state index in [1.165, 1.54) is 0 Å². The van der Waals surface area contributed by atoms with E-state index >= 15 is 0 Å². The molecule has 6 aromatic carbocycles. The molecule has 2 heterocycles. The van der Waals surface area contributed by atoms with Crippen molar-refractivity contribution in [2.75, 3.05) is 0 Å². The van der Waals surface area contributed by atoms with E-state index in [-0.39, 0.29) is 11.8 Å². The Morgan fingerprint density at radius 1 is 0.320 bits per heavy atom. The summed E-state index contributed by atoms with van der Waals surface area (Å²) in [6.45, 7) is 0. The Morgan fingerprint density at radius 3 is 0.980 bits per heavy atom. The molecule has 6 aromatic rings. The summed E-state index contributed by atoms with van der Waals surface area (Å²) < 4.78 is 0. The number of benzene rings is 6. The predicted octanol–water partition coefficient (Wildman–Crippen LogP) is 7.91. The fourth-order valence-corrected chi connectivity index (χ4v) is 5.32. The second-order valence-electron chi connectivity index (χ2n) is 11.2. The van der Waals surface area contributed by atoms with Crippen LogP contribution in [0.1, 0.15) is 43.0 Å². The Morgan fingerprint density at radius 2 is 0.620 bits per heavy atom. The van der Waals surface area contributed by atoms with Crippen LogP contribution < -0.4 is 10.6 Å². The molecular formula is C42H30N6O2. The largest absolute Gasteiger partial charge is 0.306 e. The van der Waals surface area contributed by atoms with E-state index < -0.39 is 0 Å². The van der Waals surface area contributed by atoms with E-state index in [4.69, 9.17) is 0 Å². The van der Waals surface area contributed by atoms with Gasteiger partial charge in [-0.15, -0.1) is 0 Å². The number of nitrogens with zero attached hydrogens (tertiary/aromatic N) is 4. The lowest BCUT2D eigenvalue weighted by Gasteiger charge is -2.15. The fraction of sp³-hybridized carbons (Fsp3) is 0. The minimum absolute atomic E-state index is 0.214. The highest BCUT2D eigenvalue weighted by Crippen LogP contribution is 2.24. The molecular weight excluding hydrogens is 621 g/mol. The van der Waals surface area contributed by atoms with Gasteiger partial charge in [0.1, 0.15) is 11.7 Å². The number of nitrogens with one attached hydrogen (secondary N) is 2. The van der Waals surface area contributed by atoms with Gasteiger partial charge in [-0.25, -0.2) is 20.0 Å². The zero-order valence-electron chi connectivity index (χ0n) is 26.8. The third-order valence-corrected chi connectivity index (χ3v) is 7.81. The molecule has 0 spiro atoms. The van der Waals surface area contributed by atoms with Gasteiger partial charge in [0.25, 0.3) is 11.8 Å². The first-order valence-electron chi connectivity index (χ1n) is 16.0. The van der Waals surface area contributed by atoms with Gasteiger partial charge in [0, 0.05) is 22.3 Å². The smallest absolute Gasteiger partial charge is 0.259 e. The molecule has 0 unspecified atom stereocenters. The predicted molar refractivity (Wildman–Crippen MR) is 199 cm³/mol. The number of aliphatic imine (C=N–C) groups is 4. The molecule has 240 valence electrons. The molecule has 8 heteroatoms. The van der Waals surface area contributed by atoms with Crippen LogP contribution in [0.4, 0.5) is 11.4 Å². The van der Waals surface area contributed by atoms with Gasteiger partial charge in [-0.1, -0.05) is 146 Å². The number of amidine groups is 4. The van der Waals surface area contributed by atoms with Crippen LogP contribution in [0.2, 0.25) is 0 Å². The van der Waals surface area contributed by atoms with Crippen molar-refractivity contribution in [1.82, 2.24) is 10.6 Å². The van der Waals surface area contributed by atoms with Crippen LogP contribution in [-0.4, -0.2) is 35.2 Å². The maximum atomic E-state index is 12.6. The molecule has 0 saturated carbocycles. The summed E-state index contributed by atoms with van der Waals surface area (Å²) in [6, 6.07) is 53.2. The van der Waals surface area contributed by atoms with Crippen molar-refractivity contribution >= 4 is 46.5 Å². The molecule has 50 heavy (non-hydrogen) atoms. The van der Waals surface area contributed by atoms with Crippen LogP contribution >= 0.6 is 0 Å². The summed E-state index contributed by atoms with van der Waals surface area (Å²) in [5.41, 5.74) is 5.71. The number of amides is 2. The Balaban J connectivity index is 0.000000157. The monoisotopic (exact) mass is 650 g/mol. The van der Waals surface area contributed by atoms with Crippen LogP contribution in [-0.2, 0) is 0 Å². The van der Waals surface area contributed by atoms with Crippen molar-refractivity contribution in [2.24, 2.45) is 20.0 Å². The normalized spacial score (nSPS) is 13.7. The second-order valence-corrected chi connectivity index (χ2v) is 11.2. The van der Waals surface area contributed by atoms with E-state index in [9.17, 15) is 9.59 Å². The average Bonchev–Trinajstić information content (AvgIpc) is 3.17. The van der Waals surface area contributed by atoms with Crippen LogP contribution in [0.25, 0.3) is 0 Å². The highest BCUT2D eigenvalue weighted by atomic mass is 16.2. The van der Waals surface area contributed by atoms with E-state index in [0.29, 0.717) is 45.8 Å². The summed E-state index contributed by atoms with van der Waals surface area (Å²) >= 11 is 0. The molecule has 2 aliphatic heterocycles. The summed E-state index contributed by atoms with van der Waals surface area (Å²) in [4.78, 5) is 43.9. The number of hydrogen-bond acceptors (Lipinski definition) is 6. The highest BCUT2D eigenvalue weighted by molar-refractivity contribution is 6.21. The third-order valence-electron chi connectivity index (χ3n) is 7.81. The van der Waals surface area contributed by atoms with Gasteiger partial charge in [0.15, 0.2) is 11.7 Å². The highest BCUT2D eigenvalue weighted by Gasteiger charge is 2.20. The lowest BCUT2D eigenvalue weighted by molar-refractivity contribution is 0.0969.